The smallest absolute Gasteiger partial charge is 0.349 e. The van der Waals surface area contributed by atoms with Gasteiger partial charge in [-0.1, -0.05) is 11.3 Å². The molecule has 1 aromatic rings. The second-order valence-electron chi connectivity index (χ2n) is 2.20. The maximum absolute atomic E-state index is 10.7. The van der Waals surface area contributed by atoms with Gasteiger partial charge in [0.15, 0.2) is 9.94 Å². The second kappa shape index (κ2) is 4.13. The van der Waals surface area contributed by atoms with Crippen LogP contribution in [0.15, 0.2) is 6.07 Å². The molecule has 0 spiro atoms. The van der Waals surface area contributed by atoms with E-state index in [0.717, 1.165) is 11.3 Å². The average Bonchev–Trinajstić information content (AvgIpc) is 2.48. The maximum atomic E-state index is 10.7. The van der Waals surface area contributed by atoms with Crippen molar-refractivity contribution in [2.45, 2.75) is 6.92 Å². The van der Waals surface area contributed by atoms with Crippen molar-refractivity contribution in [3.8, 4) is 10.8 Å². The van der Waals surface area contributed by atoms with Gasteiger partial charge in [0, 0.05) is 6.07 Å². The Morgan fingerprint density at radius 3 is 2.85 bits per heavy atom. The van der Waals surface area contributed by atoms with Crippen LogP contribution < -0.4 is 9.47 Å². The number of rotatable bonds is 4. The number of aromatic carboxylic acids is 1. The van der Waals surface area contributed by atoms with Crippen LogP contribution in [0.25, 0.3) is 0 Å². The maximum Gasteiger partial charge on any atom is 0.349 e. The fraction of sp³-hybridized carbons (Fsp3) is 0.375. The van der Waals surface area contributed by atoms with E-state index in [1.807, 2.05) is 0 Å². The fourth-order valence-electron chi connectivity index (χ4n) is 0.865. The third-order valence-electron chi connectivity index (χ3n) is 1.37. The quantitative estimate of drug-likeness (QED) is 0.809. The highest BCUT2D eigenvalue weighted by Gasteiger charge is 2.16. The van der Waals surface area contributed by atoms with E-state index in [4.69, 9.17) is 14.6 Å². The Bertz CT molecular complexity index is 305. The molecule has 0 aliphatic carbocycles. The van der Waals surface area contributed by atoms with Crippen LogP contribution >= 0.6 is 11.3 Å². The lowest BCUT2D eigenvalue weighted by Gasteiger charge is -1.99. The van der Waals surface area contributed by atoms with Crippen molar-refractivity contribution < 1.29 is 19.4 Å². The second-order valence-corrected chi connectivity index (χ2v) is 3.22. The molecule has 0 aromatic carbocycles. The van der Waals surface area contributed by atoms with Crippen LogP contribution in [0.2, 0.25) is 0 Å². The van der Waals surface area contributed by atoms with Crippen LogP contribution in [0, 0.1) is 0 Å². The summed E-state index contributed by atoms with van der Waals surface area (Å²) in [6.07, 6.45) is 0. The zero-order valence-corrected chi connectivity index (χ0v) is 8.18. The van der Waals surface area contributed by atoms with Crippen molar-refractivity contribution >= 4 is 17.3 Å². The number of hydrogen-bond donors (Lipinski definition) is 1. The van der Waals surface area contributed by atoms with Crippen LogP contribution in [-0.4, -0.2) is 24.8 Å². The summed E-state index contributed by atoms with van der Waals surface area (Å²) in [6.45, 7) is 2.25. The van der Waals surface area contributed by atoms with E-state index in [9.17, 15) is 4.79 Å². The number of methoxy groups -OCH3 is 1. The molecule has 0 amide bonds. The molecule has 0 bridgehead atoms. The molecule has 5 heteroatoms. The highest BCUT2D eigenvalue weighted by Crippen LogP contribution is 2.34. The lowest BCUT2D eigenvalue weighted by atomic mass is 10.4. The molecular formula is C8H10O4S. The Balaban J connectivity index is 3.00. The van der Waals surface area contributed by atoms with Gasteiger partial charge in [0.05, 0.1) is 13.7 Å². The van der Waals surface area contributed by atoms with Crippen molar-refractivity contribution in [2.24, 2.45) is 0 Å². The van der Waals surface area contributed by atoms with Gasteiger partial charge in [0.2, 0.25) is 0 Å². The fourth-order valence-corrected chi connectivity index (χ4v) is 1.62. The molecule has 0 saturated carbocycles. The number of hydrogen-bond acceptors (Lipinski definition) is 4. The van der Waals surface area contributed by atoms with Gasteiger partial charge in [-0.25, -0.2) is 4.79 Å². The van der Waals surface area contributed by atoms with Crippen molar-refractivity contribution in [3.05, 3.63) is 10.9 Å². The first-order chi connectivity index (χ1) is 6.19. The van der Waals surface area contributed by atoms with Gasteiger partial charge in [-0.15, -0.1) is 0 Å². The van der Waals surface area contributed by atoms with E-state index >= 15 is 0 Å². The molecule has 4 nitrogen and oxygen atoms in total. The summed E-state index contributed by atoms with van der Waals surface area (Å²) in [7, 11) is 1.49. The van der Waals surface area contributed by atoms with Crippen LogP contribution in [0.3, 0.4) is 0 Å². The first-order valence-electron chi connectivity index (χ1n) is 3.73. The molecule has 0 radical (unpaired) electrons. The molecule has 1 heterocycles. The van der Waals surface area contributed by atoms with E-state index in [2.05, 4.69) is 0 Å². The monoisotopic (exact) mass is 202 g/mol. The summed E-state index contributed by atoms with van der Waals surface area (Å²) in [5, 5.41) is 9.32. The lowest BCUT2D eigenvalue weighted by Crippen LogP contribution is -1.98. The van der Waals surface area contributed by atoms with Crippen LogP contribution in [0.4, 0.5) is 0 Å². The summed E-state index contributed by atoms with van der Waals surface area (Å²) >= 11 is 1.06. The van der Waals surface area contributed by atoms with Crippen LogP contribution in [-0.2, 0) is 0 Å². The van der Waals surface area contributed by atoms with E-state index in [1.165, 1.54) is 7.11 Å². The molecule has 0 unspecified atom stereocenters. The predicted molar refractivity (Wildman–Crippen MR) is 49.0 cm³/mol. The third kappa shape index (κ3) is 2.12. The van der Waals surface area contributed by atoms with Gasteiger partial charge < -0.3 is 14.6 Å². The number of carboxylic acids is 1. The molecule has 0 atom stereocenters. The molecule has 1 aromatic heterocycles. The predicted octanol–water partition coefficient (Wildman–Crippen LogP) is 1.85. The van der Waals surface area contributed by atoms with Gasteiger partial charge in [0.25, 0.3) is 0 Å². The van der Waals surface area contributed by atoms with Crippen molar-refractivity contribution in [2.75, 3.05) is 13.7 Å². The Morgan fingerprint density at radius 1 is 1.69 bits per heavy atom. The van der Waals surface area contributed by atoms with E-state index in [-0.39, 0.29) is 4.88 Å². The summed E-state index contributed by atoms with van der Waals surface area (Å²) in [5.41, 5.74) is 0. The Morgan fingerprint density at radius 2 is 2.38 bits per heavy atom. The van der Waals surface area contributed by atoms with Gasteiger partial charge in [-0.2, -0.15) is 0 Å². The van der Waals surface area contributed by atoms with Crippen molar-refractivity contribution in [1.82, 2.24) is 0 Å². The van der Waals surface area contributed by atoms with Crippen LogP contribution in [0.5, 0.6) is 10.8 Å². The van der Waals surface area contributed by atoms with Gasteiger partial charge in [-0.3, -0.25) is 0 Å². The average molecular weight is 202 g/mol. The Kier molecular flexibility index (Phi) is 3.13. The standard InChI is InChI=1S/C8H10O4S/c1-3-12-5-4-6(11-2)13-7(5)8(9)10/h4H,3H2,1-2H3,(H,9,10). The zero-order chi connectivity index (χ0) is 9.84. The van der Waals surface area contributed by atoms with Gasteiger partial charge in [0.1, 0.15) is 5.75 Å². The Labute approximate surface area is 79.7 Å². The molecule has 1 N–H and O–H groups in total. The number of thiophene rings is 1. The first kappa shape index (κ1) is 9.85. The largest absolute Gasteiger partial charge is 0.492 e. The summed E-state index contributed by atoms with van der Waals surface area (Å²) < 4.78 is 10.0. The van der Waals surface area contributed by atoms with Crippen molar-refractivity contribution in [1.29, 1.82) is 0 Å². The highest BCUT2D eigenvalue weighted by molar-refractivity contribution is 7.16. The molecule has 1 rings (SSSR count). The lowest BCUT2D eigenvalue weighted by molar-refractivity contribution is 0.0698. The minimum absolute atomic E-state index is 0.179. The molecule has 0 aliphatic heterocycles. The van der Waals surface area contributed by atoms with Crippen molar-refractivity contribution in [3.63, 3.8) is 0 Å². The molecular weight excluding hydrogens is 192 g/mol. The van der Waals surface area contributed by atoms with Gasteiger partial charge >= 0.3 is 5.97 Å². The molecule has 0 fully saturated rings. The number of carbonyl (C=O) groups is 1. The third-order valence-corrected chi connectivity index (χ3v) is 2.44. The minimum atomic E-state index is -0.989. The molecule has 13 heavy (non-hydrogen) atoms. The van der Waals surface area contributed by atoms with Gasteiger partial charge in [-0.05, 0) is 6.92 Å². The minimum Gasteiger partial charge on any atom is -0.492 e. The SMILES string of the molecule is CCOc1cc(OC)sc1C(=O)O. The number of carboxylic acid groups (broad SMARTS) is 1. The Hall–Kier alpha value is -1.23. The van der Waals surface area contributed by atoms with Crippen LogP contribution in [0.1, 0.15) is 16.6 Å². The summed E-state index contributed by atoms with van der Waals surface area (Å²) in [5.74, 6) is -0.617. The van der Waals surface area contributed by atoms with E-state index in [0.29, 0.717) is 17.4 Å². The molecule has 72 valence electrons. The first-order valence-corrected chi connectivity index (χ1v) is 4.54. The van der Waals surface area contributed by atoms with E-state index in [1.54, 1.807) is 13.0 Å². The number of ether oxygens (including phenoxy) is 2. The normalized spacial score (nSPS) is 9.69. The highest BCUT2D eigenvalue weighted by atomic mass is 32.1. The topological polar surface area (TPSA) is 55.8 Å². The van der Waals surface area contributed by atoms with E-state index < -0.39 is 5.97 Å². The molecule has 0 saturated heterocycles. The zero-order valence-electron chi connectivity index (χ0n) is 7.36. The summed E-state index contributed by atoms with van der Waals surface area (Å²) in [4.78, 5) is 10.9. The molecule has 0 aliphatic rings. The summed E-state index contributed by atoms with van der Waals surface area (Å²) in [6, 6.07) is 1.58.